The van der Waals surface area contributed by atoms with Gasteiger partial charge in [0, 0.05) is 35.1 Å². The number of carbonyl (C=O) groups is 1. The number of nitrogens with zero attached hydrogens (tertiary/aromatic N) is 5. The highest BCUT2D eigenvalue weighted by Gasteiger charge is 2.47. The molecule has 10 heteroatoms. The van der Waals surface area contributed by atoms with E-state index in [2.05, 4.69) is 11.1 Å². The van der Waals surface area contributed by atoms with E-state index in [9.17, 15) is 24.3 Å². The first kappa shape index (κ1) is 26.4. The summed E-state index contributed by atoms with van der Waals surface area (Å²) in [5, 5.41) is 20.3. The number of nitriles is 1. The van der Waals surface area contributed by atoms with Crippen molar-refractivity contribution in [3.05, 3.63) is 81.9 Å². The number of carboxylic acid groups (broad SMARTS) is 1. The van der Waals surface area contributed by atoms with Crippen LogP contribution in [0.15, 0.2) is 53.5 Å². The van der Waals surface area contributed by atoms with Gasteiger partial charge in [-0.25, -0.2) is 14.2 Å². The second-order valence-corrected chi connectivity index (χ2v) is 10.7. The molecule has 1 saturated heterocycles. The Labute approximate surface area is 235 Å². The minimum Gasteiger partial charge on any atom is -0.494 e. The molecule has 1 N–H and O–H groups in total. The molecule has 6 rings (SSSR count). The Hall–Kier alpha value is -4.78. The molecule has 208 valence electrons. The van der Waals surface area contributed by atoms with E-state index in [4.69, 9.17) is 9.72 Å². The normalized spacial score (nSPS) is 20.0. The maximum atomic E-state index is 15.0. The van der Waals surface area contributed by atoms with Gasteiger partial charge in [-0.3, -0.25) is 19.2 Å². The molecule has 2 aliphatic rings. The third-order valence-corrected chi connectivity index (χ3v) is 8.35. The van der Waals surface area contributed by atoms with Crippen molar-refractivity contribution in [2.45, 2.75) is 51.1 Å². The van der Waals surface area contributed by atoms with E-state index in [0.717, 1.165) is 31.4 Å². The van der Waals surface area contributed by atoms with Crippen molar-refractivity contribution in [3.8, 4) is 28.6 Å². The Morgan fingerprint density at radius 1 is 1.17 bits per heavy atom. The Balaban J connectivity index is 1.68. The number of rotatable bonds is 4. The smallest absolute Gasteiger partial charge is 0.408 e. The molecule has 3 atom stereocenters. The molecule has 2 aromatic heterocycles. The predicted octanol–water partition coefficient (Wildman–Crippen LogP) is 5.76. The summed E-state index contributed by atoms with van der Waals surface area (Å²) in [5.41, 5.74) is 2.27. The topological polar surface area (TPSA) is 121 Å². The fraction of sp³-hybridized carbons (Fsp3) is 0.323. The molecule has 0 spiro atoms. The predicted molar refractivity (Wildman–Crippen MR) is 150 cm³/mol. The van der Waals surface area contributed by atoms with Crippen LogP contribution in [0.5, 0.6) is 5.75 Å². The second kappa shape index (κ2) is 10.3. The van der Waals surface area contributed by atoms with Crippen molar-refractivity contribution in [2.75, 3.05) is 7.11 Å². The van der Waals surface area contributed by atoms with Crippen LogP contribution in [0.25, 0.3) is 27.7 Å². The van der Waals surface area contributed by atoms with Gasteiger partial charge in [0.2, 0.25) is 0 Å². The van der Waals surface area contributed by atoms with Crippen molar-refractivity contribution in [1.82, 2.24) is 19.4 Å². The van der Waals surface area contributed by atoms with Crippen LogP contribution >= 0.6 is 0 Å². The molecule has 0 unspecified atom stereocenters. The third-order valence-electron chi connectivity index (χ3n) is 8.35. The number of aromatic nitrogens is 3. The molecule has 4 aromatic rings. The van der Waals surface area contributed by atoms with Gasteiger partial charge in [-0.2, -0.15) is 5.26 Å². The molecule has 1 aliphatic carbocycles. The molecule has 0 bridgehead atoms. The van der Waals surface area contributed by atoms with Crippen LogP contribution in [-0.2, 0) is 0 Å². The number of hydrogen-bond acceptors (Lipinski definition) is 6. The van der Waals surface area contributed by atoms with E-state index in [1.165, 1.54) is 34.8 Å². The molecule has 0 radical (unpaired) electrons. The highest BCUT2D eigenvalue weighted by molar-refractivity contribution is 5.94. The van der Waals surface area contributed by atoms with E-state index in [-0.39, 0.29) is 40.2 Å². The summed E-state index contributed by atoms with van der Waals surface area (Å²) >= 11 is 0. The van der Waals surface area contributed by atoms with E-state index in [1.54, 1.807) is 18.3 Å². The number of methoxy groups -OCH3 is 1. The molecule has 2 fully saturated rings. The maximum absolute atomic E-state index is 15.0. The number of likely N-dealkylation sites (tertiary alicyclic amines) is 1. The summed E-state index contributed by atoms with van der Waals surface area (Å²) in [6.45, 7) is 1.86. The number of aryl methyl sites for hydroxylation is 1. The Bertz CT molecular complexity index is 1780. The largest absolute Gasteiger partial charge is 0.494 e. The number of fused-ring (bicyclic) bond motifs is 2. The van der Waals surface area contributed by atoms with Crippen LogP contribution < -0.4 is 10.3 Å². The van der Waals surface area contributed by atoms with Crippen LogP contribution in [0.4, 0.5) is 9.18 Å². The molecule has 2 aromatic carbocycles. The molecule has 1 aliphatic heterocycles. The van der Waals surface area contributed by atoms with Gasteiger partial charge in [0.05, 0.1) is 41.4 Å². The van der Waals surface area contributed by atoms with Crippen molar-refractivity contribution in [2.24, 2.45) is 5.92 Å². The average Bonchev–Trinajstić information content (AvgIpc) is 3.37. The van der Waals surface area contributed by atoms with Crippen LogP contribution in [0, 0.1) is 30.0 Å². The molecular weight excluding hydrogens is 525 g/mol. The van der Waals surface area contributed by atoms with E-state index in [0.29, 0.717) is 23.1 Å². The fourth-order valence-electron chi connectivity index (χ4n) is 6.45. The number of amides is 1. The van der Waals surface area contributed by atoms with E-state index < -0.39 is 23.5 Å². The highest BCUT2D eigenvalue weighted by atomic mass is 19.1. The number of ether oxygens (including phenoxy) is 1. The molecule has 9 nitrogen and oxygen atoms in total. The Morgan fingerprint density at radius 2 is 1.98 bits per heavy atom. The lowest BCUT2D eigenvalue weighted by Crippen LogP contribution is -2.41. The SMILES string of the molecule is COc1ccc(-n2c([C@@H]3C[C@@H]4CCCC[C@@H]4N3C(=O)O)nc3c(-c4ccc(C)nc4)cc(C#N)cc3c2=O)cc1F. The Morgan fingerprint density at radius 3 is 2.66 bits per heavy atom. The molecular formula is C31H28FN5O4. The highest BCUT2D eigenvalue weighted by Crippen LogP contribution is 2.46. The van der Waals surface area contributed by atoms with Crippen molar-refractivity contribution in [3.63, 3.8) is 0 Å². The summed E-state index contributed by atoms with van der Waals surface area (Å²) in [6, 6.07) is 12.2. The molecule has 41 heavy (non-hydrogen) atoms. The number of benzene rings is 2. The third kappa shape index (κ3) is 4.47. The standard InChI is InChI=1S/C31H28FN5O4/c1-17-7-8-20(16-34-17)22-11-18(15-33)12-23-28(22)35-29(26-13-19-5-3-4-6-25(19)37(26)31(39)40)36(30(23)38)21-9-10-27(41-2)24(32)14-21/h7-12,14,16,19,25-26H,3-6,13H2,1-2H3,(H,39,40)/t19-,25-,26-/m0/s1. The van der Waals surface area contributed by atoms with Crippen molar-refractivity contribution in [1.29, 1.82) is 5.26 Å². The monoisotopic (exact) mass is 553 g/mol. The zero-order valence-corrected chi connectivity index (χ0v) is 22.7. The van der Waals surface area contributed by atoms with E-state index >= 15 is 0 Å². The number of hydrogen-bond donors (Lipinski definition) is 1. The first-order valence-electron chi connectivity index (χ1n) is 13.6. The molecule has 1 saturated carbocycles. The lowest BCUT2D eigenvalue weighted by molar-refractivity contribution is 0.106. The minimum atomic E-state index is -1.08. The molecule has 1 amide bonds. The van der Waals surface area contributed by atoms with Crippen LogP contribution in [0.1, 0.15) is 55.2 Å². The zero-order valence-electron chi connectivity index (χ0n) is 22.7. The summed E-state index contributed by atoms with van der Waals surface area (Å²) in [5.74, 6) is -0.303. The van der Waals surface area contributed by atoms with Crippen LogP contribution in [0.3, 0.4) is 0 Å². The summed E-state index contributed by atoms with van der Waals surface area (Å²) < 4.78 is 21.3. The summed E-state index contributed by atoms with van der Waals surface area (Å²) in [7, 11) is 1.35. The summed E-state index contributed by atoms with van der Waals surface area (Å²) in [6.07, 6.45) is 4.68. The van der Waals surface area contributed by atoms with Gasteiger partial charge in [-0.05, 0) is 62.4 Å². The van der Waals surface area contributed by atoms with Gasteiger partial charge in [-0.1, -0.05) is 18.9 Å². The van der Waals surface area contributed by atoms with Crippen molar-refractivity contribution >= 4 is 17.0 Å². The van der Waals surface area contributed by atoms with E-state index in [1.807, 2.05) is 19.1 Å². The van der Waals surface area contributed by atoms with Gasteiger partial charge in [0.15, 0.2) is 11.6 Å². The zero-order chi connectivity index (χ0) is 28.8. The second-order valence-electron chi connectivity index (χ2n) is 10.7. The lowest BCUT2D eigenvalue weighted by Gasteiger charge is -2.32. The number of halogens is 1. The van der Waals surface area contributed by atoms with Gasteiger partial charge in [0.1, 0.15) is 5.82 Å². The fourth-order valence-corrected chi connectivity index (χ4v) is 6.45. The van der Waals surface area contributed by atoms with Gasteiger partial charge in [-0.15, -0.1) is 0 Å². The average molecular weight is 554 g/mol. The Kier molecular flexibility index (Phi) is 6.66. The minimum absolute atomic E-state index is 0.0112. The first-order valence-corrected chi connectivity index (χ1v) is 13.6. The maximum Gasteiger partial charge on any atom is 0.408 e. The van der Waals surface area contributed by atoms with Gasteiger partial charge < -0.3 is 9.84 Å². The summed E-state index contributed by atoms with van der Waals surface area (Å²) in [4.78, 5) is 37.8. The molecule has 3 heterocycles. The van der Waals surface area contributed by atoms with Crippen LogP contribution in [-0.4, -0.2) is 43.8 Å². The van der Waals surface area contributed by atoms with Gasteiger partial charge >= 0.3 is 6.09 Å². The van der Waals surface area contributed by atoms with Crippen molar-refractivity contribution < 1.29 is 19.0 Å². The quantitative estimate of drug-likeness (QED) is 0.341. The van der Waals surface area contributed by atoms with Gasteiger partial charge in [0.25, 0.3) is 5.56 Å². The lowest BCUT2D eigenvalue weighted by atomic mass is 9.85. The van der Waals surface area contributed by atoms with Crippen LogP contribution in [0.2, 0.25) is 0 Å². The first-order chi connectivity index (χ1) is 19.8. The number of pyridine rings is 1.